The molecule has 6 heteroatoms. The molecule has 0 aromatic heterocycles. The lowest BCUT2D eigenvalue weighted by Gasteiger charge is -2.12. The van der Waals surface area contributed by atoms with Crippen molar-refractivity contribution in [3.05, 3.63) is 27.2 Å². The summed E-state index contributed by atoms with van der Waals surface area (Å²) >= 11 is 14.7. The van der Waals surface area contributed by atoms with Gasteiger partial charge >= 0.3 is 0 Å². The minimum atomic E-state index is 0.544. The van der Waals surface area contributed by atoms with Crippen LogP contribution in [0.4, 0.5) is 5.69 Å². The highest BCUT2D eigenvalue weighted by Gasteiger charge is 2.05. The monoisotopic (exact) mass is 336 g/mol. The molecule has 0 saturated heterocycles. The topological polar surface area (TPSA) is 33.3 Å². The summed E-state index contributed by atoms with van der Waals surface area (Å²) < 4.78 is 5.85. The maximum absolute atomic E-state index is 6.05. The molecule has 17 heavy (non-hydrogen) atoms. The molecule has 0 unspecified atom stereocenters. The summed E-state index contributed by atoms with van der Waals surface area (Å²) in [7, 11) is 1.65. The molecule has 0 spiro atoms. The minimum absolute atomic E-state index is 0.544. The molecule has 94 valence electrons. The molecule has 2 N–H and O–H groups in total. The molecule has 0 saturated carbocycles. The molecule has 0 fully saturated rings. The van der Waals surface area contributed by atoms with Crippen LogP contribution in [0.1, 0.15) is 5.56 Å². The number of anilines is 1. The molecule has 0 heterocycles. The fraction of sp³-hybridized carbons (Fsp3) is 0.364. The molecule has 0 aliphatic heterocycles. The number of hydrogen-bond donors (Lipinski definition) is 2. The van der Waals surface area contributed by atoms with Gasteiger partial charge in [-0.3, -0.25) is 0 Å². The van der Waals surface area contributed by atoms with Gasteiger partial charge in [0.15, 0.2) is 5.11 Å². The van der Waals surface area contributed by atoms with Gasteiger partial charge in [-0.15, -0.1) is 0 Å². The van der Waals surface area contributed by atoms with E-state index in [4.69, 9.17) is 28.6 Å². The first-order valence-corrected chi connectivity index (χ1v) is 6.62. The highest BCUT2D eigenvalue weighted by molar-refractivity contribution is 9.10. The number of halogens is 2. The lowest BCUT2D eigenvalue weighted by atomic mass is 10.2. The molecule has 0 radical (unpaired) electrons. The van der Waals surface area contributed by atoms with Gasteiger partial charge in [-0.05, 0) is 52.8 Å². The lowest BCUT2D eigenvalue weighted by Crippen LogP contribution is -2.31. The number of rotatable bonds is 4. The van der Waals surface area contributed by atoms with Crippen LogP contribution in [0.3, 0.4) is 0 Å². The van der Waals surface area contributed by atoms with E-state index in [0.717, 1.165) is 15.7 Å². The molecule has 0 amide bonds. The zero-order chi connectivity index (χ0) is 12.8. The number of benzene rings is 1. The van der Waals surface area contributed by atoms with Gasteiger partial charge in [-0.2, -0.15) is 0 Å². The molecule has 0 aliphatic rings. The number of nitrogens with one attached hydrogen (secondary N) is 2. The van der Waals surface area contributed by atoms with Gasteiger partial charge < -0.3 is 15.4 Å². The van der Waals surface area contributed by atoms with Gasteiger partial charge in [0.2, 0.25) is 0 Å². The van der Waals surface area contributed by atoms with E-state index in [0.29, 0.717) is 23.3 Å². The first-order chi connectivity index (χ1) is 8.04. The predicted molar refractivity (Wildman–Crippen MR) is 80.0 cm³/mol. The Labute approximate surface area is 120 Å². The van der Waals surface area contributed by atoms with E-state index in [1.54, 1.807) is 7.11 Å². The first kappa shape index (κ1) is 14.7. The van der Waals surface area contributed by atoms with Crippen LogP contribution in [0.2, 0.25) is 5.02 Å². The molecule has 3 nitrogen and oxygen atoms in total. The Bertz CT molecular complexity index is 415. The second-order valence-electron chi connectivity index (χ2n) is 3.45. The average molecular weight is 338 g/mol. The van der Waals surface area contributed by atoms with Crippen LogP contribution in [0.25, 0.3) is 0 Å². The van der Waals surface area contributed by atoms with Crippen molar-refractivity contribution in [2.24, 2.45) is 0 Å². The van der Waals surface area contributed by atoms with Gasteiger partial charge in [0, 0.05) is 23.1 Å². The summed E-state index contributed by atoms with van der Waals surface area (Å²) in [5, 5.41) is 7.34. The van der Waals surface area contributed by atoms with Crippen molar-refractivity contribution >= 4 is 50.5 Å². The van der Waals surface area contributed by atoms with E-state index in [1.165, 1.54) is 0 Å². The van der Waals surface area contributed by atoms with Gasteiger partial charge in [-0.1, -0.05) is 11.6 Å². The Morgan fingerprint density at radius 2 is 2.24 bits per heavy atom. The van der Waals surface area contributed by atoms with Crippen LogP contribution in [-0.2, 0) is 4.74 Å². The highest BCUT2D eigenvalue weighted by atomic mass is 79.9. The van der Waals surface area contributed by atoms with E-state index in [2.05, 4.69) is 26.6 Å². The van der Waals surface area contributed by atoms with Crippen molar-refractivity contribution in [3.63, 3.8) is 0 Å². The molecule has 1 aromatic carbocycles. The maximum Gasteiger partial charge on any atom is 0.170 e. The number of ether oxygens (including phenoxy) is 1. The summed E-state index contributed by atoms with van der Waals surface area (Å²) in [5.74, 6) is 0. The highest BCUT2D eigenvalue weighted by Crippen LogP contribution is 2.28. The zero-order valence-electron chi connectivity index (χ0n) is 9.64. The van der Waals surface area contributed by atoms with E-state index in [-0.39, 0.29) is 0 Å². The van der Waals surface area contributed by atoms with Crippen LogP contribution in [0.5, 0.6) is 0 Å². The van der Waals surface area contributed by atoms with Crippen LogP contribution in [0, 0.1) is 6.92 Å². The summed E-state index contributed by atoms with van der Waals surface area (Å²) in [6.45, 7) is 3.23. The Morgan fingerprint density at radius 3 is 2.88 bits per heavy atom. The number of hydrogen-bond acceptors (Lipinski definition) is 2. The third kappa shape index (κ3) is 4.79. The Hall–Kier alpha value is -0.360. The van der Waals surface area contributed by atoms with Crippen molar-refractivity contribution in [2.75, 3.05) is 25.6 Å². The standard InChI is InChI=1S/C11H14BrClN2OS/c1-7-5-8(12)10(6-9(7)13)15-11(17)14-3-4-16-2/h5-6H,3-4H2,1-2H3,(H2,14,15,17). The Morgan fingerprint density at radius 1 is 1.53 bits per heavy atom. The Balaban J connectivity index is 2.62. The normalized spacial score (nSPS) is 10.1. The van der Waals surface area contributed by atoms with Crippen molar-refractivity contribution in [1.29, 1.82) is 0 Å². The molecule has 0 bridgehead atoms. The second-order valence-corrected chi connectivity index (χ2v) is 5.12. The van der Waals surface area contributed by atoms with Crippen LogP contribution in [-0.4, -0.2) is 25.4 Å². The molecular formula is C11H14BrClN2OS. The summed E-state index contributed by atoms with van der Waals surface area (Å²) in [4.78, 5) is 0. The third-order valence-corrected chi connectivity index (χ3v) is 3.40. The molecule has 0 atom stereocenters. The van der Waals surface area contributed by atoms with E-state index in [9.17, 15) is 0 Å². The summed E-state index contributed by atoms with van der Waals surface area (Å²) in [5.41, 5.74) is 1.86. The lowest BCUT2D eigenvalue weighted by molar-refractivity contribution is 0.204. The maximum atomic E-state index is 6.05. The van der Waals surface area contributed by atoms with Crippen molar-refractivity contribution in [1.82, 2.24) is 5.32 Å². The van der Waals surface area contributed by atoms with Gasteiger partial charge in [-0.25, -0.2) is 0 Å². The van der Waals surface area contributed by atoms with E-state index >= 15 is 0 Å². The molecule has 1 rings (SSSR count). The van der Waals surface area contributed by atoms with E-state index < -0.39 is 0 Å². The first-order valence-electron chi connectivity index (χ1n) is 5.04. The summed E-state index contributed by atoms with van der Waals surface area (Å²) in [6.07, 6.45) is 0. The van der Waals surface area contributed by atoms with Crippen molar-refractivity contribution in [3.8, 4) is 0 Å². The molecule has 0 aliphatic carbocycles. The zero-order valence-corrected chi connectivity index (χ0v) is 12.8. The third-order valence-electron chi connectivity index (χ3n) is 2.09. The average Bonchev–Trinajstić information content (AvgIpc) is 2.26. The quantitative estimate of drug-likeness (QED) is 0.652. The van der Waals surface area contributed by atoms with Crippen LogP contribution in [0.15, 0.2) is 16.6 Å². The van der Waals surface area contributed by atoms with Crippen molar-refractivity contribution in [2.45, 2.75) is 6.92 Å². The SMILES string of the molecule is COCCNC(=S)Nc1cc(Cl)c(C)cc1Br. The minimum Gasteiger partial charge on any atom is -0.383 e. The molecular weight excluding hydrogens is 324 g/mol. The smallest absolute Gasteiger partial charge is 0.170 e. The predicted octanol–water partition coefficient (Wildman–Crippen LogP) is 3.34. The Kier molecular flexibility index (Phi) is 6.19. The largest absolute Gasteiger partial charge is 0.383 e. The van der Waals surface area contributed by atoms with Crippen LogP contribution < -0.4 is 10.6 Å². The van der Waals surface area contributed by atoms with Crippen LogP contribution >= 0.6 is 39.7 Å². The van der Waals surface area contributed by atoms with E-state index in [1.807, 2.05) is 19.1 Å². The number of methoxy groups -OCH3 is 1. The number of aryl methyl sites for hydroxylation is 1. The molecule has 1 aromatic rings. The van der Waals surface area contributed by atoms with Crippen molar-refractivity contribution < 1.29 is 4.74 Å². The fourth-order valence-corrected chi connectivity index (χ4v) is 2.11. The fourth-order valence-electron chi connectivity index (χ4n) is 1.18. The van der Waals surface area contributed by atoms with Gasteiger partial charge in [0.05, 0.1) is 12.3 Å². The summed E-state index contributed by atoms with van der Waals surface area (Å²) in [6, 6.07) is 3.79. The number of thiocarbonyl (C=S) groups is 1. The van der Waals surface area contributed by atoms with Gasteiger partial charge in [0.1, 0.15) is 0 Å². The second kappa shape index (κ2) is 7.16. The van der Waals surface area contributed by atoms with Gasteiger partial charge in [0.25, 0.3) is 0 Å².